The number of benzene rings is 1. The fourth-order valence-electron chi connectivity index (χ4n) is 2.78. The van der Waals surface area contributed by atoms with Gasteiger partial charge < -0.3 is 23.8 Å². The van der Waals surface area contributed by atoms with Crippen molar-refractivity contribution in [3.8, 4) is 0 Å². The van der Waals surface area contributed by atoms with Gasteiger partial charge in [0.2, 0.25) is 0 Å². The van der Waals surface area contributed by atoms with E-state index in [0.717, 1.165) is 18.4 Å². The lowest BCUT2D eigenvalue weighted by molar-refractivity contribution is -0.179. The first-order valence-corrected chi connectivity index (χ1v) is 9.03. The van der Waals surface area contributed by atoms with Gasteiger partial charge in [-0.3, -0.25) is 0 Å². The van der Waals surface area contributed by atoms with E-state index in [1.807, 2.05) is 44.2 Å². The second kappa shape index (κ2) is 11.1. The van der Waals surface area contributed by atoms with Crippen molar-refractivity contribution in [2.45, 2.75) is 45.7 Å². The molecule has 1 atom stereocenters. The number of carbonyl (C=O) groups excluding carboxylic acids is 1. The van der Waals surface area contributed by atoms with Crippen molar-refractivity contribution in [2.75, 3.05) is 32.9 Å². The highest BCUT2D eigenvalue weighted by Gasteiger charge is 2.26. The standard InChI is InChI=1S/C19H29NO5/c1-3-22-18(23-4-2)15-24-17-11-8-12-20(13-17)19(21)25-14-16-9-6-5-7-10-16/h5-7,9-10,17-18H,3-4,8,11-15H2,1-2H3/t17-/m0/s1. The van der Waals surface area contributed by atoms with Crippen LogP contribution in [0.2, 0.25) is 0 Å². The first-order valence-electron chi connectivity index (χ1n) is 9.03. The molecular weight excluding hydrogens is 322 g/mol. The van der Waals surface area contributed by atoms with E-state index < -0.39 is 0 Å². The number of nitrogens with zero attached hydrogens (tertiary/aromatic N) is 1. The summed E-state index contributed by atoms with van der Waals surface area (Å²) in [5.74, 6) is 0. The minimum Gasteiger partial charge on any atom is -0.445 e. The van der Waals surface area contributed by atoms with Crippen molar-refractivity contribution in [1.29, 1.82) is 0 Å². The van der Waals surface area contributed by atoms with Crippen molar-refractivity contribution in [3.63, 3.8) is 0 Å². The molecule has 1 heterocycles. The zero-order valence-electron chi connectivity index (χ0n) is 15.2. The molecule has 6 nitrogen and oxygen atoms in total. The summed E-state index contributed by atoms with van der Waals surface area (Å²) in [6.45, 7) is 6.92. The van der Waals surface area contributed by atoms with Crippen molar-refractivity contribution in [1.82, 2.24) is 4.90 Å². The summed E-state index contributed by atoms with van der Waals surface area (Å²) < 4.78 is 22.3. The van der Waals surface area contributed by atoms with Gasteiger partial charge in [-0.2, -0.15) is 0 Å². The van der Waals surface area contributed by atoms with Gasteiger partial charge >= 0.3 is 6.09 Å². The van der Waals surface area contributed by atoms with Crippen molar-refractivity contribution >= 4 is 6.09 Å². The maximum absolute atomic E-state index is 12.3. The molecule has 0 N–H and O–H groups in total. The molecular formula is C19H29NO5. The molecule has 0 aromatic heterocycles. The minimum atomic E-state index is -0.351. The third-order valence-corrected chi connectivity index (χ3v) is 4.01. The molecule has 2 rings (SSSR count). The third kappa shape index (κ3) is 7.02. The molecule has 0 radical (unpaired) electrons. The average molecular weight is 351 g/mol. The normalized spacial score (nSPS) is 17.7. The Kier molecular flexibility index (Phi) is 8.72. The average Bonchev–Trinajstić information content (AvgIpc) is 2.65. The van der Waals surface area contributed by atoms with E-state index in [0.29, 0.717) is 39.5 Å². The molecule has 1 aromatic carbocycles. The molecule has 1 amide bonds. The summed E-state index contributed by atoms with van der Waals surface area (Å²) in [5, 5.41) is 0. The second-order valence-corrected chi connectivity index (χ2v) is 5.92. The monoisotopic (exact) mass is 351 g/mol. The number of ether oxygens (including phenoxy) is 4. The van der Waals surface area contributed by atoms with Crippen LogP contribution in [0, 0.1) is 0 Å². The second-order valence-electron chi connectivity index (χ2n) is 5.92. The van der Waals surface area contributed by atoms with E-state index in [4.69, 9.17) is 18.9 Å². The fraction of sp³-hybridized carbons (Fsp3) is 0.632. The van der Waals surface area contributed by atoms with Crippen LogP contribution < -0.4 is 0 Å². The fourth-order valence-corrected chi connectivity index (χ4v) is 2.78. The zero-order valence-corrected chi connectivity index (χ0v) is 15.2. The number of rotatable bonds is 9. The summed E-state index contributed by atoms with van der Waals surface area (Å²) in [7, 11) is 0. The van der Waals surface area contributed by atoms with E-state index in [-0.39, 0.29) is 18.5 Å². The predicted octanol–water partition coefficient (Wildman–Crippen LogP) is 3.20. The molecule has 1 aliphatic heterocycles. The number of carbonyl (C=O) groups is 1. The number of hydrogen-bond donors (Lipinski definition) is 0. The molecule has 25 heavy (non-hydrogen) atoms. The third-order valence-electron chi connectivity index (χ3n) is 4.01. The maximum Gasteiger partial charge on any atom is 0.410 e. The first kappa shape index (κ1) is 19.7. The van der Waals surface area contributed by atoms with Crippen LogP contribution in [-0.4, -0.2) is 56.3 Å². The Morgan fingerprint density at radius 3 is 2.60 bits per heavy atom. The SMILES string of the molecule is CCOC(CO[C@H]1CCCN(C(=O)OCc2ccccc2)C1)OCC. The van der Waals surface area contributed by atoms with Gasteiger partial charge in [0.1, 0.15) is 6.61 Å². The summed E-state index contributed by atoms with van der Waals surface area (Å²) in [6.07, 6.45) is 1.17. The number of amides is 1. The summed E-state index contributed by atoms with van der Waals surface area (Å²) >= 11 is 0. The van der Waals surface area contributed by atoms with E-state index in [9.17, 15) is 4.79 Å². The largest absolute Gasteiger partial charge is 0.445 e. The highest BCUT2D eigenvalue weighted by Crippen LogP contribution is 2.16. The van der Waals surface area contributed by atoms with Gasteiger partial charge in [0, 0.05) is 19.8 Å². The van der Waals surface area contributed by atoms with Gasteiger partial charge in [0.15, 0.2) is 6.29 Å². The zero-order chi connectivity index (χ0) is 17.9. The molecule has 1 fully saturated rings. The van der Waals surface area contributed by atoms with E-state index in [1.54, 1.807) is 4.90 Å². The summed E-state index contributed by atoms with van der Waals surface area (Å²) in [4.78, 5) is 14.0. The quantitative estimate of drug-likeness (QED) is 0.640. The molecule has 0 aliphatic carbocycles. The summed E-state index contributed by atoms with van der Waals surface area (Å²) in [6, 6.07) is 9.69. The van der Waals surface area contributed by atoms with Crippen LogP contribution in [0.4, 0.5) is 4.79 Å². The molecule has 0 spiro atoms. The van der Waals surface area contributed by atoms with Gasteiger partial charge in [-0.25, -0.2) is 4.79 Å². The van der Waals surface area contributed by atoms with E-state index >= 15 is 0 Å². The Morgan fingerprint density at radius 1 is 1.20 bits per heavy atom. The van der Waals surface area contributed by atoms with Crippen LogP contribution in [0.3, 0.4) is 0 Å². The van der Waals surface area contributed by atoms with Gasteiger partial charge in [-0.1, -0.05) is 30.3 Å². The smallest absolute Gasteiger partial charge is 0.410 e. The topological polar surface area (TPSA) is 57.2 Å². The molecule has 1 aliphatic rings. The lowest BCUT2D eigenvalue weighted by atomic mass is 10.1. The van der Waals surface area contributed by atoms with Crippen LogP contribution in [-0.2, 0) is 25.6 Å². The molecule has 0 unspecified atom stereocenters. The Labute approximate surface area is 150 Å². The number of likely N-dealkylation sites (tertiary alicyclic amines) is 1. The van der Waals surface area contributed by atoms with Crippen LogP contribution >= 0.6 is 0 Å². The highest BCUT2D eigenvalue weighted by molar-refractivity contribution is 5.67. The van der Waals surface area contributed by atoms with Crippen LogP contribution in [0.15, 0.2) is 30.3 Å². The lowest BCUT2D eigenvalue weighted by Crippen LogP contribution is -2.44. The van der Waals surface area contributed by atoms with Crippen LogP contribution in [0.5, 0.6) is 0 Å². The Hall–Kier alpha value is -1.63. The molecule has 0 bridgehead atoms. The van der Waals surface area contributed by atoms with Gasteiger partial charge in [0.05, 0.1) is 19.3 Å². The van der Waals surface area contributed by atoms with Crippen molar-refractivity contribution in [3.05, 3.63) is 35.9 Å². The van der Waals surface area contributed by atoms with E-state index in [2.05, 4.69) is 0 Å². The molecule has 6 heteroatoms. The van der Waals surface area contributed by atoms with E-state index in [1.165, 1.54) is 0 Å². The van der Waals surface area contributed by atoms with Crippen molar-refractivity contribution in [2.24, 2.45) is 0 Å². The summed E-state index contributed by atoms with van der Waals surface area (Å²) in [5.41, 5.74) is 0.983. The molecule has 1 aromatic rings. The highest BCUT2D eigenvalue weighted by atomic mass is 16.7. The Morgan fingerprint density at radius 2 is 1.92 bits per heavy atom. The maximum atomic E-state index is 12.3. The molecule has 1 saturated heterocycles. The van der Waals surface area contributed by atoms with Crippen molar-refractivity contribution < 1.29 is 23.7 Å². The van der Waals surface area contributed by atoms with Gasteiger partial charge in [-0.05, 0) is 32.3 Å². The minimum absolute atomic E-state index is 0.0126. The Balaban J connectivity index is 1.74. The Bertz CT molecular complexity index is 490. The molecule has 140 valence electrons. The molecule has 0 saturated carbocycles. The number of hydrogen-bond acceptors (Lipinski definition) is 5. The van der Waals surface area contributed by atoms with Crippen LogP contribution in [0.1, 0.15) is 32.3 Å². The predicted molar refractivity (Wildman–Crippen MR) is 94.2 cm³/mol. The van der Waals surface area contributed by atoms with Gasteiger partial charge in [-0.15, -0.1) is 0 Å². The lowest BCUT2D eigenvalue weighted by Gasteiger charge is -2.32. The number of piperidine rings is 1. The van der Waals surface area contributed by atoms with Crippen LogP contribution in [0.25, 0.3) is 0 Å². The first-order chi connectivity index (χ1) is 12.2. The van der Waals surface area contributed by atoms with Gasteiger partial charge in [0.25, 0.3) is 0 Å².